The highest BCUT2D eigenvalue weighted by atomic mass is 31.2. The third-order valence-corrected chi connectivity index (χ3v) is 5.62. The number of phosphoric acid groups is 1. The molecule has 1 aliphatic rings. The van der Waals surface area contributed by atoms with Crippen LogP contribution >= 0.6 is 7.82 Å². The summed E-state index contributed by atoms with van der Waals surface area (Å²) in [6.07, 6.45) is -12.2. The number of phosphoric ester groups is 1. The van der Waals surface area contributed by atoms with E-state index in [4.69, 9.17) is 9.05 Å². The fourth-order valence-electron chi connectivity index (χ4n) is 2.88. The van der Waals surface area contributed by atoms with Crippen LogP contribution < -0.4 is 5.32 Å². The highest BCUT2D eigenvalue weighted by Crippen LogP contribution is 2.51. The number of likely N-dealkylation sites (N-methyl/N-ethyl adjacent to an activating group) is 1. The van der Waals surface area contributed by atoms with Gasteiger partial charge in [0.25, 0.3) is 0 Å². The zero-order valence-electron chi connectivity index (χ0n) is 14.9. The van der Waals surface area contributed by atoms with E-state index in [9.17, 15) is 35.0 Å². The van der Waals surface area contributed by atoms with E-state index < -0.39 is 56.6 Å². The van der Waals surface area contributed by atoms with Crippen molar-refractivity contribution in [1.29, 1.82) is 0 Å². The van der Waals surface area contributed by atoms with Gasteiger partial charge in [0.15, 0.2) is 0 Å². The molecule has 1 saturated carbocycles. The summed E-state index contributed by atoms with van der Waals surface area (Å²) in [6.45, 7) is 1.71. The second-order valence-corrected chi connectivity index (χ2v) is 7.86. The van der Waals surface area contributed by atoms with Gasteiger partial charge in [0.2, 0.25) is 0 Å². The van der Waals surface area contributed by atoms with Gasteiger partial charge in [-0.15, -0.1) is 0 Å². The van der Waals surface area contributed by atoms with Crippen LogP contribution in [0.25, 0.3) is 0 Å². The number of hydrogen-bond donors (Lipinski definition) is 7. The van der Waals surface area contributed by atoms with Gasteiger partial charge in [0, 0.05) is 6.04 Å². The zero-order valence-corrected chi connectivity index (χ0v) is 15.8. The smallest absolute Gasteiger partial charge is 0.387 e. The van der Waals surface area contributed by atoms with Gasteiger partial charge in [0.1, 0.15) is 42.7 Å². The maximum Gasteiger partial charge on any atom is 0.473 e. The van der Waals surface area contributed by atoms with Crippen molar-refractivity contribution in [2.24, 2.45) is 0 Å². The number of nitrogens with one attached hydrogen (secondary N) is 1. The van der Waals surface area contributed by atoms with E-state index in [1.807, 2.05) is 0 Å². The van der Waals surface area contributed by atoms with E-state index in [2.05, 4.69) is 5.32 Å². The lowest BCUT2D eigenvalue weighted by Crippen LogP contribution is -2.64. The van der Waals surface area contributed by atoms with Crippen molar-refractivity contribution in [3.05, 3.63) is 35.9 Å². The molecule has 10 nitrogen and oxygen atoms in total. The SMILES string of the molecule is CN[C@@H](C)[C@H](OP(=O)(O)OC1[C@@H](O)[C@H](O)C(O)[C@H](O)[C@@H]1O)c1ccccc1. The molecule has 9 atom stereocenters. The average molecular weight is 407 g/mol. The van der Waals surface area contributed by atoms with E-state index in [1.54, 1.807) is 44.3 Å². The van der Waals surface area contributed by atoms with Crippen LogP contribution in [0.4, 0.5) is 0 Å². The van der Waals surface area contributed by atoms with Crippen molar-refractivity contribution in [2.75, 3.05) is 7.05 Å². The fourth-order valence-corrected chi connectivity index (χ4v) is 4.08. The molecule has 1 aromatic carbocycles. The van der Waals surface area contributed by atoms with Gasteiger partial charge in [-0.1, -0.05) is 30.3 Å². The lowest BCUT2D eigenvalue weighted by Gasteiger charge is -2.41. The molecule has 0 aromatic heterocycles. The first kappa shape index (κ1) is 22.4. The molecule has 0 spiro atoms. The minimum atomic E-state index is -4.86. The summed E-state index contributed by atoms with van der Waals surface area (Å²) in [5, 5.41) is 51.8. The van der Waals surface area contributed by atoms with E-state index in [1.165, 1.54) is 0 Å². The standard InChI is InChI=1S/C16H26NO9P/c1-8(17-2)15(9-6-4-3-5-7-9)25-27(23,24)26-16-13(21)11(19)10(18)12(20)14(16)22/h3-8,10-22H,1-2H3,(H,23,24)/t8-,10?,11-,12+,13-,14-,15-,16?/m0/s1. The molecule has 7 N–H and O–H groups in total. The number of rotatable bonds is 7. The Bertz CT molecular complexity index is 632. The topological polar surface area (TPSA) is 169 Å². The highest BCUT2D eigenvalue weighted by Gasteiger charge is 2.51. The Morgan fingerprint density at radius 1 is 0.963 bits per heavy atom. The minimum absolute atomic E-state index is 0.407. The summed E-state index contributed by atoms with van der Waals surface area (Å²) >= 11 is 0. The van der Waals surface area contributed by atoms with E-state index in [-0.39, 0.29) is 0 Å². The Morgan fingerprint density at radius 3 is 1.93 bits per heavy atom. The molecular weight excluding hydrogens is 381 g/mol. The monoisotopic (exact) mass is 407 g/mol. The van der Waals surface area contributed by atoms with Crippen molar-refractivity contribution in [3.8, 4) is 0 Å². The molecule has 0 bridgehead atoms. The molecule has 154 valence electrons. The second kappa shape index (κ2) is 9.06. The van der Waals surface area contributed by atoms with Crippen molar-refractivity contribution in [3.63, 3.8) is 0 Å². The molecule has 0 amide bonds. The molecule has 27 heavy (non-hydrogen) atoms. The Hall–Kier alpha value is -0.910. The highest BCUT2D eigenvalue weighted by molar-refractivity contribution is 7.47. The summed E-state index contributed by atoms with van der Waals surface area (Å²) in [5.74, 6) is 0. The third-order valence-electron chi connectivity index (χ3n) is 4.61. The van der Waals surface area contributed by atoms with Crippen LogP contribution in [-0.4, -0.2) is 80.1 Å². The van der Waals surface area contributed by atoms with Gasteiger partial charge in [-0.2, -0.15) is 0 Å². The molecule has 2 rings (SSSR count). The lowest BCUT2D eigenvalue weighted by molar-refractivity contribution is -0.220. The Balaban J connectivity index is 2.20. The maximum absolute atomic E-state index is 12.5. The Morgan fingerprint density at radius 2 is 1.44 bits per heavy atom. The normalized spacial score (nSPS) is 36.0. The van der Waals surface area contributed by atoms with Crippen molar-refractivity contribution in [2.45, 2.75) is 55.7 Å². The van der Waals surface area contributed by atoms with Crippen LogP contribution in [0.2, 0.25) is 0 Å². The molecule has 0 heterocycles. The van der Waals surface area contributed by atoms with E-state index >= 15 is 0 Å². The summed E-state index contributed by atoms with van der Waals surface area (Å²) in [7, 11) is -3.23. The van der Waals surface area contributed by atoms with E-state index in [0.717, 1.165) is 0 Å². The molecule has 11 heteroatoms. The quantitative estimate of drug-likeness (QED) is 0.268. The van der Waals surface area contributed by atoms with Gasteiger partial charge in [0.05, 0.1) is 0 Å². The molecule has 1 aromatic rings. The maximum atomic E-state index is 12.5. The molecule has 0 radical (unpaired) electrons. The van der Waals surface area contributed by atoms with Gasteiger partial charge in [-0.3, -0.25) is 9.05 Å². The predicted octanol–water partition coefficient (Wildman–Crippen LogP) is -1.34. The van der Waals surface area contributed by atoms with Crippen LogP contribution in [0.15, 0.2) is 30.3 Å². The van der Waals surface area contributed by atoms with Gasteiger partial charge in [-0.25, -0.2) is 4.57 Å². The summed E-state index contributed by atoms with van der Waals surface area (Å²) in [6, 6.07) is 8.18. The predicted molar refractivity (Wildman–Crippen MR) is 93.5 cm³/mol. The third kappa shape index (κ3) is 5.12. The second-order valence-electron chi connectivity index (χ2n) is 6.51. The lowest BCUT2D eigenvalue weighted by atomic mass is 9.85. The minimum Gasteiger partial charge on any atom is -0.387 e. The first-order valence-corrected chi connectivity index (χ1v) is 9.90. The number of aliphatic hydroxyl groups excluding tert-OH is 5. The number of aliphatic hydroxyl groups is 5. The molecule has 1 fully saturated rings. The van der Waals surface area contributed by atoms with Crippen LogP contribution in [0.3, 0.4) is 0 Å². The first-order valence-electron chi connectivity index (χ1n) is 8.41. The largest absolute Gasteiger partial charge is 0.473 e. The van der Waals surface area contributed by atoms with Crippen LogP contribution in [-0.2, 0) is 13.6 Å². The summed E-state index contributed by atoms with van der Waals surface area (Å²) in [4.78, 5) is 10.2. The van der Waals surface area contributed by atoms with Gasteiger partial charge >= 0.3 is 7.82 Å². The van der Waals surface area contributed by atoms with Gasteiger partial charge in [-0.05, 0) is 19.5 Å². The fraction of sp³-hybridized carbons (Fsp3) is 0.625. The van der Waals surface area contributed by atoms with E-state index in [0.29, 0.717) is 5.56 Å². The average Bonchev–Trinajstić information content (AvgIpc) is 2.66. The summed E-state index contributed by atoms with van der Waals surface area (Å²) < 4.78 is 22.6. The summed E-state index contributed by atoms with van der Waals surface area (Å²) in [5.41, 5.74) is 0.581. The van der Waals surface area contributed by atoms with Crippen LogP contribution in [0.1, 0.15) is 18.6 Å². The Kier molecular flexibility index (Phi) is 7.51. The van der Waals surface area contributed by atoms with Crippen molar-refractivity contribution in [1.82, 2.24) is 5.32 Å². The first-order chi connectivity index (χ1) is 12.6. The molecule has 1 aliphatic carbocycles. The van der Waals surface area contributed by atoms with Crippen LogP contribution in [0, 0.1) is 0 Å². The van der Waals surface area contributed by atoms with Crippen molar-refractivity contribution < 1.29 is 44.0 Å². The molecule has 3 unspecified atom stereocenters. The number of benzene rings is 1. The van der Waals surface area contributed by atoms with Crippen LogP contribution in [0.5, 0.6) is 0 Å². The van der Waals surface area contributed by atoms with Crippen molar-refractivity contribution >= 4 is 7.82 Å². The molecular formula is C16H26NO9P. The number of hydrogen-bond acceptors (Lipinski definition) is 9. The molecule has 0 saturated heterocycles. The zero-order chi connectivity index (χ0) is 20.4. The Labute approximate surface area is 156 Å². The molecule has 0 aliphatic heterocycles. The van der Waals surface area contributed by atoms with Gasteiger partial charge < -0.3 is 35.7 Å².